The maximum atomic E-state index is 14.7. The van der Waals surface area contributed by atoms with Crippen LogP contribution in [0.4, 0.5) is 11.4 Å². The Morgan fingerprint density at radius 2 is 1.61 bits per heavy atom. The summed E-state index contributed by atoms with van der Waals surface area (Å²) in [6.45, 7) is 2.64. The van der Waals surface area contributed by atoms with Crippen LogP contribution in [0.25, 0.3) is 0 Å². The molecule has 0 saturated carbocycles. The van der Waals surface area contributed by atoms with Crippen LogP contribution in [0.5, 0.6) is 11.5 Å². The number of unbranched alkanes of at least 4 members (excludes halogenated alkanes) is 2. The number of thioether (sulfide) groups is 1. The van der Waals surface area contributed by atoms with E-state index in [2.05, 4.69) is 10.6 Å². The Bertz CT molecular complexity index is 1710. The number of rotatable bonds is 17. The summed E-state index contributed by atoms with van der Waals surface area (Å²) in [4.78, 5) is 69.6. The van der Waals surface area contributed by atoms with Crippen molar-refractivity contribution in [3.05, 3.63) is 72.3 Å². The summed E-state index contributed by atoms with van der Waals surface area (Å²) in [6.07, 6.45) is 5.79. The third kappa shape index (κ3) is 9.23. The van der Waals surface area contributed by atoms with Crippen LogP contribution in [0.15, 0.2) is 76.5 Å². The minimum absolute atomic E-state index is 0.0857. The lowest BCUT2D eigenvalue weighted by Gasteiger charge is -2.34. The van der Waals surface area contributed by atoms with E-state index in [1.165, 1.54) is 36.0 Å². The average Bonchev–Trinajstić information content (AvgIpc) is 3.21. The highest BCUT2D eigenvalue weighted by molar-refractivity contribution is 8.14. The third-order valence-corrected chi connectivity index (χ3v) is 10.6. The molecule has 0 aliphatic carbocycles. The second-order valence-corrected chi connectivity index (χ2v) is 14.1. The SMILES string of the molecule is CCCCC1(CCCC)C(=O)[SH]c2cc(OCC(=O)N[C@@H](C(=O)N[C@@H](CO)C(=O)O)c3ccc(O)cc3)c(SC)cc2N(c2ccccc2)C1=O. The Hall–Kier alpha value is -4.53. The van der Waals surface area contributed by atoms with Gasteiger partial charge in [-0.25, -0.2) is 4.79 Å². The molecule has 273 valence electrons. The number of para-hydroxylation sites is 1. The number of carboxylic acids is 1. The molecule has 0 bridgehead atoms. The Labute approximate surface area is 305 Å². The molecular formula is C37H44N3O9S2. The number of ether oxygens (including phenoxy) is 1. The van der Waals surface area contributed by atoms with Crippen molar-refractivity contribution < 1.29 is 44.0 Å². The van der Waals surface area contributed by atoms with E-state index in [-0.39, 0.29) is 22.3 Å². The van der Waals surface area contributed by atoms with Crippen LogP contribution in [-0.2, 0) is 24.0 Å². The molecule has 1 aliphatic rings. The predicted molar refractivity (Wildman–Crippen MR) is 197 cm³/mol. The number of phenolic OH excluding ortho intramolecular Hbond substituents is 1. The number of fused-ring (bicyclic) bond motifs is 1. The number of nitrogens with one attached hydrogen (secondary N) is 2. The lowest BCUT2D eigenvalue weighted by atomic mass is 9.77. The molecule has 3 amide bonds. The molecule has 1 heterocycles. The normalized spacial score (nSPS) is 14.9. The first kappa shape index (κ1) is 39.3. The van der Waals surface area contributed by atoms with Crippen LogP contribution in [-0.4, -0.2) is 69.6 Å². The summed E-state index contributed by atoms with van der Waals surface area (Å²) in [7, 11) is 0. The summed E-state index contributed by atoms with van der Waals surface area (Å²) < 4.78 is 6.00. The molecule has 14 heteroatoms. The Morgan fingerprint density at radius 1 is 0.961 bits per heavy atom. The molecular weight excluding hydrogens is 695 g/mol. The first-order valence-corrected chi connectivity index (χ1v) is 18.8. The van der Waals surface area contributed by atoms with Gasteiger partial charge in [0.1, 0.15) is 29.0 Å². The molecule has 0 unspecified atom stereocenters. The van der Waals surface area contributed by atoms with E-state index in [4.69, 9.17) is 4.74 Å². The highest BCUT2D eigenvalue weighted by Gasteiger charge is 2.50. The van der Waals surface area contributed by atoms with E-state index in [1.54, 1.807) is 17.0 Å². The monoisotopic (exact) mass is 738 g/mol. The summed E-state index contributed by atoms with van der Waals surface area (Å²) in [5.74, 6) is -3.13. The second-order valence-electron chi connectivity index (χ2n) is 12.1. The van der Waals surface area contributed by atoms with Crippen molar-refractivity contribution >= 4 is 63.7 Å². The zero-order valence-corrected chi connectivity index (χ0v) is 30.5. The molecule has 51 heavy (non-hydrogen) atoms. The Morgan fingerprint density at radius 3 is 2.18 bits per heavy atom. The number of aliphatic hydroxyl groups excluding tert-OH is 1. The van der Waals surface area contributed by atoms with Crippen LogP contribution < -0.4 is 20.3 Å². The number of anilines is 2. The molecule has 0 fully saturated rings. The molecule has 1 radical (unpaired) electrons. The van der Waals surface area contributed by atoms with E-state index < -0.39 is 48.5 Å². The van der Waals surface area contributed by atoms with Crippen molar-refractivity contribution in [1.82, 2.24) is 10.6 Å². The van der Waals surface area contributed by atoms with Gasteiger partial charge in [-0.2, -0.15) is 0 Å². The summed E-state index contributed by atoms with van der Waals surface area (Å²) in [5, 5.41) is 33.0. The molecule has 4 rings (SSSR count). The molecule has 5 N–H and O–H groups in total. The number of amides is 3. The van der Waals surface area contributed by atoms with Gasteiger partial charge in [0.2, 0.25) is 11.8 Å². The minimum atomic E-state index is -1.61. The molecule has 12 nitrogen and oxygen atoms in total. The Balaban J connectivity index is 1.67. The standard InChI is InChI=1S/C37H44N3O9S2/c1-4-6-17-37(18-7-5-2)35(47)40(24-11-9-8-10-12-24)27-19-30(50-3)28(20-29(27)51-36(37)48)49-22-31(43)39-32(23-13-15-25(42)16-14-23)33(44)38-26(21-41)34(45)46/h8-16,19-20,26,32,41-42,51H,4-7,17-18,21-22H2,1-3H3,(H,38,44)(H,39,43)(H,45,46)/t26-,32+/m0/s1. The topological polar surface area (TPSA) is 183 Å². The molecule has 0 aromatic heterocycles. The van der Waals surface area contributed by atoms with E-state index in [0.29, 0.717) is 51.5 Å². The van der Waals surface area contributed by atoms with Crippen LogP contribution in [0.3, 0.4) is 0 Å². The van der Waals surface area contributed by atoms with E-state index in [1.807, 2.05) is 50.4 Å². The smallest absolute Gasteiger partial charge is 0.328 e. The van der Waals surface area contributed by atoms with Crippen molar-refractivity contribution in [3.8, 4) is 11.5 Å². The minimum Gasteiger partial charge on any atom is -0.508 e. The van der Waals surface area contributed by atoms with Crippen LogP contribution in [0, 0.1) is 5.41 Å². The summed E-state index contributed by atoms with van der Waals surface area (Å²) >= 11 is 1.66. The number of aliphatic hydroxyl groups is 1. The molecule has 3 aromatic carbocycles. The summed E-state index contributed by atoms with van der Waals surface area (Å²) in [6, 6.07) is 15.1. The fourth-order valence-electron chi connectivity index (χ4n) is 5.81. The first-order valence-electron chi connectivity index (χ1n) is 16.7. The number of carboxylic acid groups (broad SMARTS) is 1. The lowest BCUT2D eigenvalue weighted by molar-refractivity contribution is -0.143. The zero-order chi connectivity index (χ0) is 37.1. The third-order valence-electron chi connectivity index (χ3n) is 8.62. The second kappa shape index (κ2) is 18.1. The number of hydrogen-bond donors (Lipinski definition) is 6. The van der Waals surface area contributed by atoms with Gasteiger partial charge in [-0.1, -0.05) is 69.9 Å². The van der Waals surface area contributed by atoms with Crippen molar-refractivity contribution in [2.75, 3.05) is 24.4 Å². The van der Waals surface area contributed by atoms with Crippen molar-refractivity contribution in [2.45, 2.75) is 74.2 Å². The highest BCUT2D eigenvalue weighted by atomic mass is 32.2. The molecule has 0 spiro atoms. The van der Waals surface area contributed by atoms with Crippen LogP contribution in [0.1, 0.15) is 64.0 Å². The van der Waals surface area contributed by atoms with Gasteiger partial charge in [-0.05, 0) is 61.1 Å². The predicted octanol–water partition coefficient (Wildman–Crippen LogP) is 5.31. The first-order chi connectivity index (χ1) is 24.5. The van der Waals surface area contributed by atoms with E-state index in [9.17, 15) is 39.3 Å². The number of aromatic hydroxyl groups is 1. The Kier molecular flexibility index (Phi) is 13.9. The molecule has 2 atom stereocenters. The quantitative estimate of drug-likeness (QED) is 0.0604. The number of carbonyl (C=O) groups excluding carboxylic acids is 4. The largest absolute Gasteiger partial charge is 0.508 e. The maximum Gasteiger partial charge on any atom is 0.328 e. The summed E-state index contributed by atoms with van der Waals surface area (Å²) in [5.41, 5.74) is 0.227. The van der Waals surface area contributed by atoms with Gasteiger partial charge < -0.3 is 30.7 Å². The van der Waals surface area contributed by atoms with Crippen LogP contribution in [0.2, 0.25) is 0 Å². The fourth-order valence-corrected chi connectivity index (χ4v) is 7.57. The number of aliphatic carboxylic acids is 1. The van der Waals surface area contributed by atoms with Crippen molar-refractivity contribution in [2.24, 2.45) is 5.41 Å². The fraction of sp³-hybridized carbons (Fsp3) is 0.378. The van der Waals surface area contributed by atoms with Gasteiger partial charge in [0.15, 0.2) is 11.7 Å². The van der Waals surface area contributed by atoms with Gasteiger partial charge in [0.25, 0.3) is 5.91 Å². The zero-order valence-electron chi connectivity index (χ0n) is 28.8. The highest BCUT2D eigenvalue weighted by Crippen LogP contribution is 2.51. The number of hydrogen-bond acceptors (Lipinski definition) is 9. The van der Waals surface area contributed by atoms with Gasteiger partial charge in [0.05, 0.1) is 17.2 Å². The molecule has 0 saturated heterocycles. The lowest BCUT2D eigenvalue weighted by Crippen LogP contribution is -2.49. The van der Waals surface area contributed by atoms with Crippen molar-refractivity contribution in [3.63, 3.8) is 0 Å². The van der Waals surface area contributed by atoms with Crippen LogP contribution >= 0.6 is 23.5 Å². The van der Waals surface area contributed by atoms with E-state index >= 15 is 0 Å². The van der Waals surface area contributed by atoms with Crippen molar-refractivity contribution in [1.29, 1.82) is 0 Å². The number of nitrogens with zero attached hydrogens (tertiary/aromatic N) is 1. The number of benzene rings is 3. The molecule has 3 aromatic rings. The van der Waals surface area contributed by atoms with Gasteiger partial charge in [0, 0.05) is 10.6 Å². The molecule has 1 aliphatic heterocycles. The maximum absolute atomic E-state index is 14.7. The average molecular weight is 739 g/mol. The number of thiol groups is 1. The number of phenols is 1. The van der Waals surface area contributed by atoms with E-state index in [0.717, 1.165) is 25.7 Å². The van der Waals surface area contributed by atoms with Gasteiger partial charge >= 0.3 is 5.97 Å². The van der Waals surface area contributed by atoms with Gasteiger partial charge in [-0.3, -0.25) is 24.1 Å². The van der Waals surface area contributed by atoms with Gasteiger partial charge in [-0.15, -0.1) is 23.5 Å². The number of carbonyl (C=O) groups is 5.